The molecule has 1 aliphatic carbocycles. The summed E-state index contributed by atoms with van der Waals surface area (Å²) in [4.78, 5) is 6.88. The molecule has 0 radical (unpaired) electrons. The number of nitrogens with zero attached hydrogens (tertiary/aromatic N) is 4. The van der Waals surface area contributed by atoms with Crippen molar-refractivity contribution in [1.82, 2.24) is 19.7 Å². The number of thiazole rings is 1. The highest BCUT2D eigenvalue weighted by molar-refractivity contribution is 7.09. The van der Waals surface area contributed by atoms with Crippen LogP contribution in [0.4, 0.5) is 0 Å². The minimum Gasteiger partial charge on any atom is -0.380 e. The van der Waals surface area contributed by atoms with E-state index in [-0.39, 0.29) is 0 Å². The Morgan fingerprint density at radius 3 is 3.05 bits per heavy atom. The second kappa shape index (κ2) is 6.10. The van der Waals surface area contributed by atoms with Gasteiger partial charge >= 0.3 is 0 Å². The van der Waals surface area contributed by atoms with Gasteiger partial charge in [0.2, 0.25) is 0 Å². The minimum atomic E-state index is 0.378. The number of ether oxygens (including phenoxy) is 1. The van der Waals surface area contributed by atoms with Gasteiger partial charge in [-0.2, -0.15) is 5.10 Å². The maximum atomic E-state index is 5.96. The van der Waals surface area contributed by atoms with Crippen LogP contribution in [0.3, 0.4) is 0 Å². The van der Waals surface area contributed by atoms with Crippen LogP contribution in [0.1, 0.15) is 35.0 Å². The molecule has 2 aromatic heterocycles. The third-order valence-electron chi connectivity index (χ3n) is 4.41. The normalized spacial score (nSPS) is 22.0. The zero-order valence-electron chi connectivity index (χ0n) is 12.9. The topological polar surface area (TPSA) is 43.2 Å². The molecule has 5 nitrogen and oxygen atoms in total. The van der Waals surface area contributed by atoms with E-state index < -0.39 is 0 Å². The van der Waals surface area contributed by atoms with Crippen LogP contribution in [0.25, 0.3) is 0 Å². The highest BCUT2D eigenvalue weighted by Gasteiger charge is 2.29. The molecule has 22 heavy (non-hydrogen) atoms. The summed E-state index contributed by atoms with van der Waals surface area (Å²) in [7, 11) is 2.01. The number of aryl methyl sites for hydroxylation is 1. The van der Waals surface area contributed by atoms with Gasteiger partial charge in [-0.3, -0.25) is 9.58 Å². The lowest BCUT2D eigenvalue weighted by Crippen LogP contribution is -2.35. The Labute approximate surface area is 134 Å². The van der Waals surface area contributed by atoms with Gasteiger partial charge in [0.05, 0.1) is 18.8 Å². The van der Waals surface area contributed by atoms with Crippen LogP contribution in [-0.4, -0.2) is 39.4 Å². The molecule has 0 saturated heterocycles. The minimum absolute atomic E-state index is 0.378. The summed E-state index contributed by atoms with van der Waals surface area (Å²) in [5, 5.41) is 7.91. The van der Waals surface area contributed by atoms with Crippen LogP contribution in [0.2, 0.25) is 0 Å². The van der Waals surface area contributed by atoms with E-state index >= 15 is 0 Å². The van der Waals surface area contributed by atoms with Gasteiger partial charge in [-0.25, -0.2) is 4.98 Å². The van der Waals surface area contributed by atoms with E-state index in [9.17, 15) is 0 Å². The van der Waals surface area contributed by atoms with E-state index in [1.54, 1.807) is 11.3 Å². The molecule has 6 heteroatoms. The fraction of sp³-hybridized carbons (Fsp3) is 0.625. The Hall–Kier alpha value is -1.24. The Morgan fingerprint density at radius 1 is 1.36 bits per heavy atom. The molecule has 1 atom stereocenters. The maximum Gasteiger partial charge on any atom is 0.107 e. The van der Waals surface area contributed by atoms with E-state index in [2.05, 4.69) is 21.2 Å². The van der Waals surface area contributed by atoms with Crippen molar-refractivity contribution in [3.05, 3.63) is 34.0 Å². The number of fused-ring (bicyclic) bond motifs is 1. The average molecular weight is 318 g/mol. The largest absolute Gasteiger partial charge is 0.380 e. The van der Waals surface area contributed by atoms with Gasteiger partial charge in [0.15, 0.2) is 0 Å². The van der Waals surface area contributed by atoms with E-state index in [1.807, 2.05) is 23.3 Å². The summed E-state index contributed by atoms with van der Waals surface area (Å²) in [6.07, 6.45) is 6.72. The zero-order chi connectivity index (χ0) is 14.9. The highest BCUT2D eigenvalue weighted by atomic mass is 32.1. The Kier molecular flexibility index (Phi) is 3.98. The first-order valence-corrected chi connectivity index (χ1v) is 8.87. The van der Waals surface area contributed by atoms with Crippen LogP contribution >= 0.6 is 11.3 Å². The molecule has 1 unspecified atom stereocenters. The van der Waals surface area contributed by atoms with Gasteiger partial charge in [0.25, 0.3) is 0 Å². The second-order valence-electron chi connectivity index (χ2n) is 6.49. The van der Waals surface area contributed by atoms with Crippen molar-refractivity contribution in [1.29, 1.82) is 0 Å². The summed E-state index contributed by atoms with van der Waals surface area (Å²) in [6.45, 7) is 4.60. The third-order valence-corrected chi connectivity index (χ3v) is 5.17. The molecule has 0 amide bonds. The first-order valence-electron chi connectivity index (χ1n) is 7.99. The molecule has 3 heterocycles. The van der Waals surface area contributed by atoms with Crippen molar-refractivity contribution in [2.45, 2.75) is 31.8 Å². The zero-order valence-corrected chi connectivity index (χ0v) is 13.8. The van der Waals surface area contributed by atoms with Crippen LogP contribution < -0.4 is 0 Å². The van der Waals surface area contributed by atoms with Gasteiger partial charge in [-0.15, -0.1) is 11.3 Å². The standard InChI is InChI=1S/C16H22N4OS/c1-19-6-13-7-20(9-15-17-4-5-22-15)8-14(16(13)18-19)11-21-10-12-2-3-12/h4-6,12,14H,2-3,7-11H2,1H3. The molecule has 0 aromatic carbocycles. The summed E-state index contributed by atoms with van der Waals surface area (Å²) >= 11 is 1.73. The Balaban J connectivity index is 1.45. The van der Waals surface area contributed by atoms with Crippen LogP contribution in [0.5, 0.6) is 0 Å². The molecular weight excluding hydrogens is 296 g/mol. The molecule has 2 aliphatic rings. The van der Waals surface area contributed by atoms with Crippen molar-refractivity contribution in [3.63, 3.8) is 0 Å². The number of hydrogen-bond donors (Lipinski definition) is 0. The molecule has 0 bridgehead atoms. The van der Waals surface area contributed by atoms with Crippen molar-refractivity contribution in [2.75, 3.05) is 19.8 Å². The van der Waals surface area contributed by atoms with Gasteiger partial charge in [-0.1, -0.05) is 0 Å². The molecule has 4 rings (SSSR count). The predicted octanol–water partition coefficient (Wildman–Crippen LogP) is 2.40. The van der Waals surface area contributed by atoms with E-state index in [4.69, 9.17) is 4.74 Å². The Bertz CT molecular complexity index is 620. The van der Waals surface area contributed by atoms with Crippen molar-refractivity contribution < 1.29 is 4.74 Å². The van der Waals surface area contributed by atoms with Crippen LogP contribution in [0, 0.1) is 5.92 Å². The average Bonchev–Trinajstić information content (AvgIpc) is 3.02. The molecule has 0 N–H and O–H groups in total. The van der Waals surface area contributed by atoms with Crippen molar-refractivity contribution >= 4 is 11.3 Å². The van der Waals surface area contributed by atoms with Gasteiger partial charge < -0.3 is 4.74 Å². The predicted molar refractivity (Wildman–Crippen MR) is 85.7 cm³/mol. The molecule has 118 valence electrons. The maximum absolute atomic E-state index is 5.96. The molecule has 0 spiro atoms. The van der Waals surface area contributed by atoms with Gasteiger partial charge in [-0.05, 0) is 18.8 Å². The number of rotatable bonds is 6. The van der Waals surface area contributed by atoms with Gasteiger partial charge in [0.1, 0.15) is 5.01 Å². The summed E-state index contributed by atoms with van der Waals surface area (Å²) in [5.41, 5.74) is 2.57. The molecule has 1 saturated carbocycles. The van der Waals surface area contributed by atoms with E-state index in [1.165, 1.54) is 29.1 Å². The SMILES string of the molecule is Cn1cc2c(n1)C(COCC1CC1)CN(Cc1nccs1)C2. The lowest BCUT2D eigenvalue weighted by molar-refractivity contribution is 0.0881. The quantitative estimate of drug-likeness (QED) is 0.820. The summed E-state index contributed by atoms with van der Waals surface area (Å²) in [6, 6.07) is 0. The molecular formula is C16H22N4OS. The lowest BCUT2D eigenvalue weighted by Gasteiger charge is -2.31. The number of aromatic nitrogens is 3. The van der Waals surface area contributed by atoms with Crippen LogP contribution in [-0.2, 0) is 24.9 Å². The highest BCUT2D eigenvalue weighted by Crippen LogP contribution is 2.31. The smallest absolute Gasteiger partial charge is 0.107 e. The third kappa shape index (κ3) is 3.24. The summed E-state index contributed by atoms with van der Waals surface area (Å²) < 4.78 is 7.89. The van der Waals surface area contributed by atoms with E-state index in [0.29, 0.717) is 5.92 Å². The number of hydrogen-bond acceptors (Lipinski definition) is 5. The molecule has 1 aliphatic heterocycles. The first kappa shape index (κ1) is 14.4. The van der Waals surface area contributed by atoms with Gasteiger partial charge in [0, 0.05) is 56.0 Å². The van der Waals surface area contributed by atoms with Crippen LogP contribution in [0.15, 0.2) is 17.8 Å². The lowest BCUT2D eigenvalue weighted by atomic mass is 9.97. The fourth-order valence-electron chi connectivity index (χ4n) is 3.16. The summed E-state index contributed by atoms with van der Waals surface area (Å²) in [5.74, 6) is 1.20. The monoisotopic (exact) mass is 318 g/mol. The van der Waals surface area contributed by atoms with Crippen molar-refractivity contribution in [2.24, 2.45) is 13.0 Å². The molecule has 2 aromatic rings. The second-order valence-corrected chi connectivity index (χ2v) is 7.47. The fourth-order valence-corrected chi connectivity index (χ4v) is 3.82. The van der Waals surface area contributed by atoms with E-state index in [0.717, 1.165) is 38.8 Å². The van der Waals surface area contributed by atoms with Crippen molar-refractivity contribution in [3.8, 4) is 0 Å². The Morgan fingerprint density at radius 2 is 2.27 bits per heavy atom. The molecule has 1 fully saturated rings. The first-order chi connectivity index (χ1) is 10.8.